The molecule has 0 aromatic heterocycles. The Hall–Kier alpha value is -0.311. The van der Waals surface area contributed by atoms with Crippen LogP contribution in [-0.4, -0.2) is 26.0 Å². The molecular weight excluding hydrogens is 287 g/mol. The Bertz CT molecular complexity index is 271. The zero-order valence-electron chi connectivity index (χ0n) is 6.16. The van der Waals surface area contributed by atoms with Crippen LogP contribution in [0.3, 0.4) is 0 Å². The second kappa shape index (κ2) is 4.65. The summed E-state index contributed by atoms with van der Waals surface area (Å²) < 4.78 is 2.14. The van der Waals surface area contributed by atoms with E-state index >= 15 is 0 Å². The van der Waals surface area contributed by atoms with Gasteiger partial charge < -0.3 is 0 Å². The van der Waals surface area contributed by atoms with Gasteiger partial charge in [-0.15, -0.1) is 0 Å². The van der Waals surface area contributed by atoms with Crippen molar-refractivity contribution in [2.75, 3.05) is 0 Å². The van der Waals surface area contributed by atoms with E-state index in [2.05, 4.69) is 15.9 Å². The van der Waals surface area contributed by atoms with Crippen LogP contribution in [0.5, 0.6) is 0 Å². The Morgan fingerprint density at radius 3 is 2.50 bits per heavy atom. The van der Waals surface area contributed by atoms with Crippen molar-refractivity contribution in [2.45, 2.75) is 5.32 Å². The molecule has 0 saturated heterocycles. The Morgan fingerprint density at radius 2 is 2.00 bits per heavy atom. The van der Waals surface area contributed by atoms with Crippen LogP contribution >= 0.6 is 15.9 Å². The summed E-state index contributed by atoms with van der Waals surface area (Å²) in [5.41, 5.74) is 0. The van der Waals surface area contributed by atoms with Gasteiger partial charge in [0.15, 0.2) is 0 Å². The molecule has 12 heavy (non-hydrogen) atoms. The molecule has 1 N–H and O–H groups in total. The number of halogens is 1. The van der Waals surface area contributed by atoms with Crippen molar-refractivity contribution in [3.8, 4) is 0 Å². The predicted octanol–water partition coefficient (Wildman–Crippen LogP) is 1.28. The van der Waals surface area contributed by atoms with E-state index in [1.807, 2.05) is 24.3 Å². The number of carboxylic acid groups (broad SMARTS) is 1. The molecule has 1 aromatic rings. The van der Waals surface area contributed by atoms with Gasteiger partial charge in [0.05, 0.1) is 0 Å². The zero-order chi connectivity index (χ0) is 8.97. The van der Waals surface area contributed by atoms with Gasteiger partial charge in [0, 0.05) is 0 Å². The summed E-state index contributed by atoms with van der Waals surface area (Å²) in [6, 6.07) is 7.76. The monoisotopic (exact) mass is 294 g/mol. The van der Waals surface area contributed by atoms with E-state index in [9.17, 15) is 4.79 Å². The average molecular weight is 294 g/mol. The van der Waals surface area contributed by atoms with Gasteiger partial charge in [-0.3, -0.25) is 0 Å². The summed E-state index contributed by atoms with van der Waals surface area (Å²) in [5.74, 6) is -0.724. The fourth-order valence-corrected chi connectivity index (χ4v) is 2.24. The van der Waals surface area contributed by atoms with Crippen LogP contribution < -0.4 is 4.46 Å². The van der Waals surface area contributed by atoms with Crippen LogP contribution in [0.2, 0.25) is 5.32 Å². The van der Waals surface area contributed by atoms with Gasteiger partial charge in [-0.05, 0) is 0 Å². The molecule has 4 heteroatoms. The van der Waals surface area contributed by atoms with Crippen molar-refractivity contribution >= 4 is 41.3 Å². The van der Waals surface area contributed by atoms with E-state index in [1.54, 1.807) is 0 Å². The first-order valence-electron chi connectivity index (χ1n) is 3.28. The molecule has 2 nitrogen and oxygen atoms in total. The Balaban J connectivity index is 2.53. The maximum absolute atomic E-state index is 10.2. The summed E-state index contributed by atoms with van der Waals surface area (Å²) in [7, 11) is 0. The molecule has 0 fully saturated rings. The third-order valence-electron chi connectivity index (χ3n) is 1.18. The van der Waals surface area contributed by atoms with Gasteiger partial charge in [0.25, 0.3) is 0 Å². The predicted molar refractivity (Wildman–Crippen MR) is 52.0 cm³/mol. The van der Waals surface area contributed by atoms with Crippen molar-refractivity contribution in [1.29, 1.82) is 0 Å². The van der Waals surface area contributed by atoms with Crippen molar-refractivity contribution in [1.82, 2.24) is 0 Å². The van der Waals surface area contributed by atoms with E-state index in [-0.39, 0.29) is 20.3 Å². The van der Waals surface area contributed by atoms with Crippen molar-refractivity contribution in [3.63, 3.8) is 0 Å². The maximum atomic E-state index is 10.2. The molecule has 64 valence electrons. The fourth-order valence-electron chi connectivity index (χ4n) is 0.676. The quantitative estimate of drug-likeness (QED) is 0.853. The second-order valence-electron chi connectivity index (χ2n) is 2.14. The molecule has 0 spiro atoms. The summed E-state index contributed by atoms with van der Waals surface area (Å²) in [5, 5.41) is 8.69. The van der Waals surface area contributed by atoms with E-state index in [4.69, 9.17) is 5.11 Å². The summed E-state index contributed by atoms with van der Waals surface area (Å²) in [6.07, 6.45) is 0. The zero-order valence-corrected chi connectivity index (χ0v) is 9.46. The van der Waals surface area contributed by atoms with Gasteiger partial charge in [0.1, 0.15) is 0 Å². The molecule has 1 aromatic carbocycles. The summed E-state index contributed by atoms with van der Waals surface area (Å²) in [6.45, 7) is 0. The minimum atomic E-state index is -0.724. The first-order valence-corrected chi connectivity index (χ1v) is 6.15. The Labute approximate surface area is 85.3 Å². The van der Waals surface area contributed by atoms with Crippen LogP contribution in [0.1, 0.15) is 0 Å². The number of carboxylic acids is 1. The molecule has 1 rings (SSSR count). The van der Waals surface area contributed by atoms with E-state index in [0.29, 0.717) is 0 Å². The van der Waals surface area contributed by atoms with Crippen molar-refractivity contribution in [3.05, 3.63) is 28.7 Å². The number of rotatable bonds is 3. The van der Waals surface area contributed by atoms with Crippen LogP contribution in [0.15, 0.2) is 28.7 Å². The molecule has 0 aliphatic rings. The molecule has 0 unspecified atom stereocenters. The van der Waals surface area contributed by atoms with Gasteiger partial charge >= 0.3 is 85.3 Å². The number of hydrogen-bond acceptors (Lipinski definition) is 1. The third-order valence-corrected chi connectivity index (χ3v) is 3.80. The number of hydrogen-bond donors (Lipinski definition) is 1. The van der Waals surface area contributed by atoms with E-state index < -0.39 is 5.97 Å². The Morgan fingerprint density at radius 1 is 1.42 bits per heavy atom. The molecule has 0 aliphatic carbocycles. The van der Waals surface area contributed by atoms with Crippen molar-refractivity contribution in [2.24, 2.45) is 0 Å². The number of carbonyl (C=O) groups is 1. The van der Waals surface area contributed by atoms with Gasteiger partial charge in [-0.2, -0.15) is 0 Å². The summed E-state index contributed by atoms with van der Waals surface area (Å²) in [4.78, 5) is 10.2. The fraction of sp³-hybridized carbons (Fsp3) is 0.125. The van der Waals surface area contributed by atoms with Crippen LogP contribution in [-0.2, 0) is 4.79 Å². The number of benzene rings is 1. The molecule has 0 saturated carbocycles. The van der Waals surface area contributed by atoms with Gasteiger partial charge in [0.2, 0.25) is 0 Å². The average Bonchev–Trinajstić information content (AvgIpc) is 2.03. The van der Waals surface area contributed by atoms with Crippen LogP contribution in [0, 0.1) is 0 Å². The second-order valence-corrected chi connectivity index (χ2v) is 5.25. The van der Waals surface area contributed by atoms with Crippen molar-refractivity contribution < 1.29 is 9.90 Å². The standard InChI is InChI=1S/C8H7BrO2Se/c9-6-1-3-7(4-2-6)12-5-8(10)11/h1-4H,5H2,(H,10,11). The van der Waals surface area contributed by atoms with Crippen LogP contribution in [0.4, 0.5) is 0 Å². The van der Waals surface area contributed by atoms with E-state index in [1.165, 1.54) is 0 Å². The molecular formula is C8H7BrO2Se. The molecule has 0 aliphatic heterocycles. The van der Waals surface area contributed by atoms with Gasteiger partial charge in [-0.25, -0.2) is 0 Å². The molecule has 0 bridgehead atoms. The SMILES string of the molecule is O=C(O)C[Se]c1ccc(Br)cc1. The summed E-state index contributed by atoms with van der Waals surface area (Å²) >= 11 is 3.38. The minimum absolute atomic E-state index is 0.0620. The molecule has 0 amide bonds. The Kier molecular flexibility index (Phi) is 3.79. The van der Waals surface area contributed by atoms with E-state index in [0.717, 1.165) is 8.93 Å². The van der Waals surface area contributed by atoms with Gasteiger partial charge in [-0.1, -0.05) is 0 Å². The molecule has 0 heterocycles. The first kappa shape index (κ1) is 9.78. The number of aliphatic carboxylic acids is 1. The molecule has 0 atom stereocenters. The third kappa shape index (κ3) is 3.39. The normalized spacial score (nSPS) is 9.75. The van der Waals surface area contributed by atoms with Crippen LogP contribution in [0.25, 0.3) is 0 Å². The first-order chi connectivity index (χ1) is 5.68. The topological polar surface area (TPSA) is 37.3 Å². The molecule has 0 radical (unpaired) electrons.